The van der Waals surface area contributed by atoms with Crippen LogP contribution in [0.5, 0.6) is 0 Å². The molecule has 1 aliphatic heterocycles. The molecule has 6 nitrogen and oxygen atoms in total. The summed E-state index contributed by atoms with van der Waals surface area (Å²) in [7, 11) is 0. The molecule has 0 radical (unpaired) electrons. The third kappa shape index (κ3) is 3.81. The molecule has 2 aromatic heterocycles. The number of rotatable bonds is 3. The van der Waals surface area contributed by atoms with Gasteiger partial charge in [-0.05, 0) is 24.3 Å². The zero-order valence-corrected chi connectivity index (χ0v) is 17.0. The van der Waals surface area contributed by atoms with Crippen molar-refractivity contribution in [1.82, 2.24) is 19.9 Å². The summed E-state index contributed by atoms with van der Waals surface area (Å²) < 4.78 is 40.9. The largest absolute Gasteiger partial charge is 0.417 e. The number of halogens is 3. The second-order valence-corrected chi connectivity index (χ2v) is 7.45. The number of anilines is 2. The van der Waals surface area contributed by atoms with Gasteiger partial charge in [-0.3, -0.25) is 0 Å². The molecule has 162 valence electrons. The Morgan fingerprint density at radius 1 is 0.719 bits per heavy atom. The predicted octanol–water partition coefficient (Wildman–Crippen LogP) is 4.43. The molecule has 0 aliphatic carbocycles. The van der Waals surface area contributed by atoms with Gasteiger partial charge in [-0.25, -0.2) is 19.9 Å². The normalized spacial score (nSPS) is 14.7. The van der Waals surface area contributed by atoms with Gasteiger partial charge in [0.05, 0.1) is 11.1 Å². The fourth-order valence-corrected chi connectivity index (χ4v) is 3.92. The minimum atomic E-state index is -4.49. The third-order valence-corrected chi connectivity index (χ3v) is 5.47. The average Bonchev–Trinajstić information content (AvgIpc) is 2.83. The van der Waals surface area contributed by atoms with Crippen LogP contribution in [-0.2, 0) is 6.18 Å². The Kier molecular flexibility index (Phi) is 5.08. The first-order valence-corrected chi connectivity index (χ1v) is 10.2. The van der Waals surface area contributed by atoms with Gasteiger partial charge in [-0.2, -0.15) is 13.2 Å². The summed E-state index contributed by atoms with van der Waals surface area (Å²) in [5.74, 6) is 1.37. The van der Waals surface area contributed by atoms with Crippen molar-refractivity contribution in [3.8, 4) is 11.4 Å². The highest BCUT2D eigenvalue weighted by Crippen LogP contribution is 2.37. The van der Waals surface area contributed by atoms with E-state index in [9.17, 15) is 13.2 Å². The molecule has 32 heavy (non-hydrogen) atoms. The van der Waals surface area contributed by atoms with Gasteiger partial charge in [0.1, 0.15) is 5.82 Å². The van der Waals surface area contributed by atoms with Gasteiger partial charge in [-0.1, -0.05) is 30.3 Å². The van der Waals surface area contributed by atoms with E-state index in [0.29, 0.717) is 43.5 Å². The second kappa shape index (κ2) is 8.07. The number of piperazine rings is 1. The molecule has 4 aromatic rings. The van der Waals surface area contributed by atoms with E-state index < -0.39 is 11.7 Å². The summed E-state index contributed by atoms with van der Waals surface area (Å²) in [6.45, 7) is 2.63. The zero-order valence-electron chi connectivity index (χ0n) is 17.0. The lowest BCUT2D eigenvalue weighted by atomic mass is 10.1. The van der Waals surface area contributed by atoms with E-state index >= 15 is 0 Å². The molecule has 0 bridgehead atoms. The summed E-state index contributed by atoms with van der Waals surface area (Å²) in [5, 5.41) is 0.810. The molecule has 5 rings (SSSR count). The van der Waals surface area contributed by atoms with Gasteiger partial charge in [-0.15, -0.1) is 0 Å². The van der Waals surface area contributed by atoms with Crippen molar-refractivity contribution in [2.75, 3.05) is 36.0 Å². The highest BCUT2D eigenvalue weighted by molar-refractivity contribution is 5.91. The minimum absolute atomic E-state index is 0.0247. The van der Waals surface area contributed by atoms with Crippen LogP contribution in [0.1, 0.15) is 5.56 Å². The van der Waals surface area contributed by atoms with Gasteiger partial charge < -0.3 is 9.80 Å². The number of hydrogen-bond donors (Lipinski definition) is 0. The van der Waals surface area contributed by atoms with Crippen LogP contribution in [0.15, 0.2) is 67.0 Å². The van der Waals surface area contributed by atoms with E-state index in [-0.39, 0.29) is 11.4 Å². The van der Waals surface area contributed by atoms with E-state index in [2.05, 4.69) is 29.7 Å². The van der Waals surface area contributed by atoms with E-state index in [1.807, 2.05) is 18.2 Å². The quantitative estimate of drug-likeness (QED) is 0.474. The molecular weight excluding hydrogens is 417 g/mol. The number of benzene rings is 2. The fourth-order valence-electron chi connectivity index (χ4n) is 3.92. The van der Waals surface area contributed by atoms with Crippen molar-refractivity contribution < 1.29 is 13.2 Å². The molecule has 2 aromatic carbocycles. The smallest absolute Gasteiger partial charge is 0.352 e. The van der Waals surface area contributed by atoms with Crippen molar-refractivity contribution in [2.24, 2.45) is 0 Å². The number of para-hydroxylation sites is 1. The van der Waals surface area contributed by atoms with Crippen LogP contribution in [0.4, 0.5) is 24.9 Å². The standard InChI is InChI=1S/C23H19F3N6/c24-23(25,26)18-8-3-1-6-16(18)20-29-19-9-4-2-7-17(19)21(30-20)31-12-14-32(15-13-31)22-27-10-5-11-28-22/h1-11H,12-15H2. The summed E-state index contributed by atoms with van der Waals surface area (Å²) in [5.41, 5.74) is -0.158. The molecular formula is C23H19F3N6. The SMILES string of the molecule is FC(F)(F)c1ccccc1-c1nc(N2CCN(c3ncccn3)CC2)c2ccccc2n1. The van der Waals surface area contributed by atoms with Crippen molar-refractivity contribution >= 4 is 22.7 Å². The first-order chi connectivity index (χ1) is 15.5. The maximum absolute atomic E-state index is 13.6. The first-order valence-electron chi connectivity index (χ1n) is 10.2. The summed E-state index contributed by atoms with van der Waals surface area (Å²) in [6, 6.07) is 14.6. The maximum Gasteiger partial charge on any atom is 0.417 e. The van der Waals surface area contributed by atoms with E-state index in [1.54, 1.807) is 30.6 Å². The van der Waals surface area contributed by atoms with Crippen molar-refractivity contribution in [3.05, 3.63) is 72.6 Å². The molecule has 3 heterocycles. The van der Waals surface area contributed by atoms with Crippen molar-refractivity contribution in [2.45, 2.75) is 6.18 Å². The maximum atomic E-state index is 13.6. The topological polar surface area (TPSA) is 58.0 Å². The van der Waals surface area contributed by atoms with E-state index in [1.165, 1.54) is 12.1 Å². The minimum Gasteiger partial charge on any atom is -0.352 e. The average molecular weight is 436 g/mol. The second-order valence-electron chi connectivity index (χ2n) is 7.45. The Bertz CT molecular complexity index is 1240. The Hall–Kier alpha value is -3.75. The number of alkyl halides is 3. The van der Waals surface area contributed by atoms with Gasteiger partial charge >= 0.3 is 6.18 Å². The van der Waals surface area contributed by atoms with Gasteiger partial charge in [0.2, 0.25) is 5.95 Å². The van der Waals surface area contributed by atoms with Gasteiger partial charge in [0.25, 0.3) is 0 Å². The third-order valence-electron chi connectivity index (χ3n) is 5.47. The molecule has 1 fully saturated rings. The zero-order chi connectivity index (χ0) is 22.1. The van der Waals surface area contributed by atoms with Crippen LogP contribution in [-0.4, -0.2) is 46.1 Å². The number of nitrogens with zero attached hydrogens (tertiary/aromatic N) is 6. The highest BCUT2D eigenvalue weighted by Gasteiger charge is 2.34. The van der Waals surface area contributed by atoms with Crippen LogP contribution < -0.4 is 9.80 Å². The molecule has 0 amide bonds. The molecule has 0 spiro atoms. The van der Waals surface area contributed by atoms with Crippen LogP contribution in [0, 0.1) is 0 Å². The Labute approximate surface area is 182 Å². The molecule has 0 atom stereocenters. The Morgan fingerprint density at radius 2 is 1.38 bits per heavy atom. The Morgan fingerprint density at radius 3 is 2.12 bits per heavy atom. The number of hydrogen-bond acceptors (Lipinski definition) is 6. The lowest BCUT2D eigenvalue weighted by molar-refractivity contribution is -0.137. The van der Waals surface area contributed by atoms with Gasteiger partial charge in [0, 0.05) is 49.5 Å². The molecule has 0 saturated carbocycles. The lowest BCUT2D eigenvalue weighted by Gasteiger charge is -2.35. The molecule has 1 aliphatic rings. The summed E-state index contributed by atoms with van der Waals surface area (Å²) in [4.78, 5) is 21.9. The van der Waals surface area contributed by atoms with Crippen molar-refractivity contribution in [1.29, 1.82) is 0 Å². The van der Waals surface area contributed by atoms with Crippen LogP contribution in [0.25, 0.3) is 22.3 Å². The molecule has 1 saturated heterocycles. The molecule has 9 heteroatoms. The highest BCUT2D eigenvalue weighted by atomic mass is 19.4. The first kappa shape index (κ1) is 20.2. The number of fused-ring (bicyclic) bond motifs is 1. The van der Waals surface area contributed by atoms with E-state index in [4.69, 9.17) is 0 Å². The Balaban J connectivity index is 1.54. The van der Waals surface area contributed by atoms with E-state index in [0.717, 1.165) is 11.5 Å². The fraction of sp³-hybridized carbons (Fsp3) is 0.217. The van der Waals surface area contributed by atoms with Crippen LogP contribution >= 0.6 is 0 Å². The summed E-state index contributed by atoms with van der Waals surface area (Å²) >= 11 is 0. The number of aromatic nitrogens is 4. The monoisotopic (exact) mass is 436 g/mol. The summed E-state index contributed by atoms with van der Waals surface area (Å²) in [6.07, 6.45) is -1.08. The van der Waals surface area contributed by atoms with Gasteiger partial charge in [0.15, 0.2) is 5.82 Å². The van der Waals surface area contributed by atoms with Crippen molar-refractivity contribution in [3.63, 3.8) is 0 Å². The van der Waals surface area contributed by atoms with Crippen LogP contribution in [0.3, 0.4) is 0 Å². The van der Waals surface area contributed by atoms with Crippen LogP contribution in [0.2, 0.25) is 0 Å². The molecule has 0 N–H and O–H groups in total. The lowest BCUT2D eigenvalue weighted by Crippen LogP contribution is -2.47. The predicted molar refractivity (Wildman–Crippen MR) is 116 cm³/mol. The molecule has 0 unspecified atom stereocenters.